The minimum Gasteiger partial charge on any atom is -0.338 e. The summed E-state index contributed by atoms with van der Waals surface area (Å²) in [6, 6.07) is 6.47. The van der Waals surface area contributed by atoms with E-state index in [1.54, 1.807) is 23.1 Å². The van der Waals surface area contributed by atoms with Crippen LogP contribution in [-0.2, 0) is 14.6 Å². The summed E-state index contributed by atoms with van der Waals surface area (Å²) in [6.45, 7) is 2.34. The van der Waals surface area contributed by atoms with Crippen molar-refractivity contribution in [3.05, 3.63) is 30.1 Å². The number of carbonyl (C=O) groups excluding carboxylic acids is 1. The monoisotopic (exact) mass is 480 g/mol. The lowest BCUT2D eigenvalue weighted by atomic mass is 9.95. The summed E-state index contributed by atoms with van der Waals surface area (Å²) in [5.41, 5.74) is 0.412. The van der Waals surface area contributed by atoms with E-state index in [4.69, 9.17) is 0 Å². The van der Waals surface area contributed by atoms with Crippen molar-refractivity contribution in [3.8, 4) is 11.4 Å². The Kier molecular flexibility index (Phi) is 7.19. The Morgan fingerprint density at radius 1 is 1.19 bits per heavy atom. The number of sulfone groups is 1. The molecule has 2 fully saturated rings. The molecule has 1 aliphatic heterocycles. The predicted molar refractivity (Wildman–Crippen MR) is 123 cm³/mol. The lowest BCUT2D eigenvalue weighted by Crippen LogP contribution is -2.42. The van der Waals surface area contributed by atoms with Crippen molar-refractivity contribution in [1.82, 2.24) is 19.7 Å². The van der Waals surface area contributed by atoms with Gasteiger partial charge in [0.05, 0.1) is 22.8 Å². The van der Waals surface area contributed by atoms with Crippen LogP contribution in [0.4, 0.5) is 4.39 Å². The van der Waals surface area contributed by atoms with Crippen LogP contribution in [0.5, 0.6) is 0 Å². The number of thioether (sulfide) groups is 1. The van der Waals surface area contributed by atoms with Gasteiger partial charge in [0, 0.05) is 18.6 Å². The molecule has 1 saturated carbocycles. The van der Waals surface area contributed by atoms with Crippen molar-refractivity contribution >= 4 is 27.5 Å². The number of hydrogen-bond donors (Lipinski definition) is 0. The molecule has 1 amide bonds. The molecule has 1 aromatic heterocycles. The van der Waals surface area contributed by atoms with E-state index in [0.29, 0.717) is 29.5 Å². The zero-order chi connectivity index (χ0) is 22.7. The Bertz CT molecular complexity index is 1070. The van der Waals surface area contributed by atoms with E-state index in [2.05, 4.69) is 10.2 Å². The van der Waals surface area contributed by atoms with Gasteiger partial charge >= 0.3 is 0 Å². The van der Waals surface area contributed by atoms with E-state index in [9.17, 15) is 17.6 Å². The molecule has 1 unspecified atom stereocenters. The maximum atomic E-state index is 14.5. The van der Waals surface area contributed by atoms with Gasteiger partial charge in [-0.05, 0) is 38.3 Å². The van der Waals surface area contributed by atoms with Crippen molar-refractivity contribution in [2.75, 3.05) is 23.8 Å². The maximum absolute atomic E-state index is 14.5. The quantitative estimate of drug-likeness (QED) is 0.562. The predicted octanol–water partition coefficient (Wildman–Crippen LogP) is 3.72. The number of benzene rings is 1. The van der Waals surface area contributed by atoms with E-state index in [1.807, 2.05) is 11.5 Å². The Morgan fingerprint density at radius 2 is 1.94 bits per heavy atom. The van der Waals surface area contributed by atoms with Crippen LogP contribution in [0.2, 0.25) is 0 Å². The highest BCUT2D eigenvalue weighted by Crippen LogP contribution is 2.36. The molecule has 0 spiro atoms. The van der Waals surface area contributed by atoms with Crippen molar-refractivity contribution < 1.29 is 17.6 Å². The van der Waals surface area contributed by atoms with Gasteiger partial charge in [0.1, 0.15) is 5.82 Å². The summed E-state index contributed by atoms with van der Waals surface area (Å²) < 4.78 is 40.2. The number of carbonyl (C=O) groups is 1. The average Bonchev–Trinajstić information content (AvgIpc) is 3.36. The molecule has 0 radical (unpaired) electrons. The molecule has 2 heterocycles. The fourth-order valence-corrected chi connectivity index (χ4v) is 7.36. The zero-order valence-corrected chi connectivity index (χ0v) is 19.9. The molecule has 0 bridgehead atoms. The molecule has 32 heavy (non-hydrogen) atoms. The Morgan fingerprint density at radius 3 is 2.59 bits per heavy atom. The second kappa shape index (κ2) is 9.91. The van der Waals surface area contributed by atoms with Gasteiger partial charge in [0.15, 0.2) is 20.8 Å². The number of hydrogen-bond acceptors (Lipinski definition) is 6. The maximum Gasteiger partial charge on any atom is 0.233 e. The van der Waals surface area contributed by atoms with E-state index in [-0.39, 0.29) is 41.1 Å². The van der Waals surface area contributed by atoms with Gasteiger partial charge in [0.2, 0.25) is 5.91 Å². The first kappa shape index (κ1) is 23.2. The summed E-state index contributed by atoms with van der Waals surface area (Å²) >= 11 is 1.30. The van der Waals surface area contributed by atoms with Crippen LogP contribution in [-0.4, -0.2) is 63.8 Å². The van der Waals surface area contributed by atoms with Crippen LogP contribution < -0.4 is 0 Å². The van der Waals surface area contributed by atoms with Crippen molar-refractivity contribution in [1.29, 1.82) is 0 Å². The molecule has 174 valence electrons. The fraction of sp³-hybridized carbons (Fsp3) is 0.591. The Hall–Kier alpha value is -1.94. The third-order valence-corrected chi connectivity index (χ3v) is 9.03. The second-order valence-electron chi connectivity index (χ2n) is 8.47. The summed E-state index contributed by atoms with van der Waals surface area (Å²) in [5.74, 6) is 0.365. The number of rotatable bonds is 7. The number of aromatic nitrogens is 3. The molecular weight excluding hydrogens is 451 g/mol. The summed E-state index contributed by atoms with van der Waals surface area (Å²) in [5, 5.41) is 9.25. The largest absolute Gasteiger partial charge is 0.338 e. The van der Waals surface area contributed by atoms with E-state index >= 15 is 0 Å². The van der Waals surface area contributed by atoms with Gasteiger partial charge in [-0.1, -0.05) is 43.2 Å². The zero-order valence-electron chi connectivity index (χ0n) is 18.2. The van der Waals surface area contributed by atoms with Gasteiger partial charge in [-0.25, -0.2) is 12.8 Å². The van der Waals surface area contributed by atoms with Crippen LogP contribution in [0.25, 0.3) is 11.4 Å². The minimum absolute atomic E-state index is 0.0347. The van der Waals surface area contributed by atoms with Crippen LogP contribution >= 0.6 is 11.8 Å². The highest BCUT2D eigenvalue weighted by molar-refractivity contribution is 7.99. The van der Waals surface area contributed by atoms with E-state index < -0.39 is 9.84 Å². The molecule has 1 aromatic carbocycles. The minimum atomic E-state index is -3.07. The smallest absolute Gasteiger partial charge is 0.233 e. The van der Waals surface area contributed by atoms with Gasteiger partial charge in [0.25, 0.3) is 0 Å². The van der Waals surface area contributed by atoms with Gasteiger partial charge < -0.3 is 4.90 Å². The highest BCUT2D eigenvalue weighted by Gasteiger charge is 2.34. The summed E-state index contributed by atoms with van der Waals surface area (Å²) in [6.07, 6.45) is 5.82. The molecule has 2 aliphatic rings. The molecular formula is C22H29FN4O3S2. The lowest BCUT2D eigenvalue weighted by Gasteiger charge is -2.27. The van der Waals surface area contributed by atoms with Crippen molar-refractivity contribution in [2.45, 2.75) is 62.7 Å². The van der Waals surface area contributed by atoms with Gasteiger partial charge in [-0.2, -0.15) is 0 Å². The van der Waals surface area contributed by atoms with E-state index in [0.717, 1.165) is 25.7 Å². The summed E-state index contributed by atoms with van der Waals surface area (Å²) in [7, 11) is -3.07. The number of amides is 1. The first-order chi connectivity index (χ1) is 15.4. The average molecular weight is 481 g/mol. The SMILES string of the molecule is CCN(C(=O)CSc1nnc(-c2ccccc2F)n1C1CCCCC1)C1CCS(=O)(=O)C1. The second-order valence-corrected chi connectivity index (χ2v) is 11.6. The van der Waals surface area contributed by atoms with Crippen LogP contribution in [0, 0.1) is 5.82 Å². The van der Waals surface area contributed by atoms with E-state index in [1.165, 1.54) is 24.2 Å². The molecule has 1 atom stereocenters. The molecule has 10 heteroatoms. The van der Waals surface area contributed by atoms with Crippen LogP contribution in [0.3, 0.4) is 0 Å². The van der Waals surface area contributed by atoms with Gasteiger partial charge in [-0.3, -0.25) is 9.36 Å². The first-order valence-electron chi connectivity index (χ1n) is 11.2. The third kappa shape index (κ3) is 5.01. The highest BCUT2D eigenvalue weighted by atomic mass is 32.2. The standard InChI is InChI=1S/C22H29FN4O3S2/c1-2-26(17-12-13-32(29,30)15-17)20(28)14-31-22-25-24-21(18-10-6-7-11-19(18)23)27(22)16-8-4-3-5-9-16/h6-7,10-11,16-17H,2-5,8-9,12-15H2,1H3. The molecule has 4 rings (SSSR count). The molecule has 2 aromatic rings. The normalized spacial score (nSPS) is 21.0. The van der Waals surface area contributed by atoms with Crippen LogP contribution in [0.15, 0.2) is 29.4 Å². The van der Waals surface area contributed by atoms with Crippen LogP contribution in [0.1, 0.15) is 51.5 Å². The van der Waals surface area contributed by atoms with Crippen molar-refractivity contribution in [3.63, 3.8) is 0 Å². The number of nitrogens with zero attached hydrogens (tertiary/aromatic N) is 4. The van der Waals surface area contributed by atoms with Gasteiger partial charge in [-0.15, -0.1) is 10.2 Å². The summed E-state index contributed by atoms with van der Waals surface area (Å²) in [4.78, 5) is 14.6. The van der Waals surface area contributed by atoms with Crippen molar-refractivity contribution in [2.24, 2.45) is 0 Å². The third-order valence-electron chi connectivity index (χ3n) is 6.35. The lowest BCUT2D eigenvalue weighted by molar-refractivity contribution is -0.129. The number of halogens is 1. The molecule has 1 saturated heterocycles. The molecule has 0 N–H and O–H groups in total. The Balaban J connectivity index is 1.55. The first-order valence-corrected chi connectivity index (χ1v) is 14.0. The fourth-order valence-electron chi connectivity index (χ4n) is 4.74. The molecule has 7 nitrogen and oxygen atoms in total. The molecule has 1 aliphatic carbocycles. The topological polar surface area (TPSA) is 85.2 Å². The Labute approximate surface area is 192 Å².